The van der Waals surface area contributed by atoms with Crippen LogP contribution in [0.5, 0.6) is 0 Å². The molecule has 2 saturated carbocycles. The van der Waals surface area contributed by atoms with Crippen LogP contribution in [0.3, 0.4) is 0 Å². The lowest BCUT2D eigenvalue weighted by Gasteiger charge is -2.25. The molecule has 3 unspecified atom stereocenters. The molecule has 31 heavy (non-hydrogen) atoms. The summed E-state index contributed by atoms with van der Waals surface area (Å²) >= 11 is 0. The molecule has 1 saturated heterocycles. The third kappa shape index (κ3) is 3.96. The van der Waals surface area contributed by atoms with Crippen molar-refractivity contribution in [2.45, 2.75) is 50.4 Å². The van der Waals surface area contributed by atoms with Crippen LogP contribution in [0.2, 0.25) is 0 Å². The second kappa shape index (κ2) is 8.27. The van der Waals surface area contributed by atoms with Gasteiger partial charge in [0.15, 0.2) is 0 Å². The van der Waals surface area contributed by atoms with Crippen LogP contribution in [0.4, 0.5) is 5.82 Å². The van der Waals surface area contributed by atoms with E-state index in [4.69, 9.17) is 9.72 Å². The first-order chi connectivity index (χ1) is 15.1. The van der Waals surface area contributed by atoms with Gasteiger partial charge in [-0.3, -0.25) is 0 Å². The number of aromatic nitrogens is 1. The van der Waals surface area contributed by atoms with Crippen molar-refractivity contribution in [1.82, 2.24) is 4.98 Å². The maximum atomic E-state index is 10.6. The lowest BCUT2D eigenvalue weighted by Crippen LogP contribution is -2.28. The standard InChI is InChI=1S/C26H30N2O3/c1-31-23-17-28(16-22(23)29)25-8-7-20(21(27-25)13-18-5-3-2-4-6-18)10-12-26-11-9-19(15-26)14-24(26)30/h2-8,19,22-24,29-30H,9,11,13-17H2,1H3/t19?,22-,23-,24?,26?/m1/s1. The molecule has 2 bridgehead atoms. The maximum absolute atomic E-state index is 10.6. The number of hydrogen-bond donors (Lipinski definition) is 2. The molecule has 0 radical (unpaired) electrons. The minimum atomic E-state index is -0.512. The Bertz CT molecular complexity index is 999. The third-order valence-corrected chi connectivity index (χ3v) is 7.33. The Hall–Kier alpha value is -2.39. The van der Waals surface area contributed by atoms with E-state index < -0.39 is 6.10 Å². The van der Waals surface area contributed by atoms with Gasteiger partial charge in [-0.2, -0.15) is 0 Å². The van der Waals surface area contributed by atoms with Gasteiger partial charge in [0.05, 0.1) is 23.3 Å². The summed E-state index contributed by atoms with van der Waals surface area (Å²) in [5.74, 6) is 8.35. The van der Waals surface area contributed by atoms with Crippen LogP contribution < -0.4 is 4.90 Å². The van der Waals surface area contributed by atoms with Gasteiger partial charge in [-0.15, -0.1) is 0 Å². The fraction of sp³-hybridized carbons (Fsp3) is 0.500. The first kappa shape index (κ1) is 20.5. The summed E-state index contributed by atoms with van der Waals surface area (Å²) in [7, 11) is 1.63. The molecular weight excluding hydrogens is 388 g/mol. The molecule has 1 aliphatic heterocycles. The van der Waals surface area contributed by atoms with E-state index in [9.17, 15) is 10.2 Å². The number of ether oxygens (including phenoxy) is 1. The molecule has 5 rings (SSSR count). The monoisotopic (exact) mass is 418 g/mol. The van der Waals surface area contributed by atoms with E-state index in [1.165, 1.54) is 12.0 Å². The second-order valence-corrected chi connectivity index (χ2v) is 9.34. The van der Waals surface area contributed by atoms with Gasteiger partial charge in [-0.1, -0.05) is 42.2 Å². The van der Waals surface area contributed by atoms with E-state index in [1.54, 1.807) is 7.11 Å². The highest BCUT2D eigenvalue weighted by molar-refractivity contribution is 5.50. The van der Waals surface area contributed by atoms with Crippen molar-refractivity contribution in [1.29, 1.82) is 0 Å². The summed E-state index contributed by atoms with van der Waals surface area (Å²) < 4.78 is 5.39. The molecule has 1 aromatic carbocycles. The number of β-amino-alcohol motifs (C(OH)–C–C–N with tert-alkyl or cyclic N) is 1. The van der Waals surface area contributed by atoms with Crippen LogP contribution in [0.25, 0.3) is 0 Å². The zero-order chi connectivity index (χ0) is 21.4. The number of hydrogen-bond acceptors (Lipinski definition) is 5. The summed E-state index contributed by atoms with van der Waals surface area (Å²) in [4.78, 5) is 7.05. The fourth-order valence-corrected chi connectivity index (χ4v) is 5.49. The van der Waals surface area contributed by atoms with Gasteiger partial charge in [-0.25, -0.2) is 4.98 Å². The van der Waals surface area contributed by atoms with Gasteiger partial charge in [0, 0.05) is 32.2 Å². The smallest absolute Gasteiger partial charge is 0.129 e. The van der Waals surface area contributed by atoms with Crippen LogP contribution in [-0.2, 0) is 11.2 Å². The Morgan fingerprint density at radius 3 is 2.68 bits per heavy atom. The zero-order valence-corrected chi connectivity index (χ0v) is 18.0. The van der Waals surface area contributed by atoms with Crippen molar-refractivity contribution >= 4 is 5.82 Å². The molecular formula is C26H30N2O3. The van der Waals surface area contributed by atoms with Gasteiger partial charge < -0.3 is 19.8 Å². The largest absolute Gasteiger partial charge is 0.392 e. The van der Waals surface area contributed by atoms with E-state index in [0.29, 0.717) is 25.4 Å². The van der Waals surface area contributed by atoms with Crippen LogP contribution >= 0.6 is 0 Å². The van der Waals surface area contributed by atoms with Gasteiger partial charge in [0.2, 0.25) is 0 Å². The van der Waals surface area contributed by atoms with Crippen molar-refractivity contribution < 1.29 is 14.9 Å². The lowest BCUT2D eigenvalue weighted by molar-refractivity contribution is 0.0217. The highest BCUT2D eigenvalue weighted by Gasteiger charge is 2.50. The normalized spacial score (nSPS) is 31.6. The number of pyridine rings is 1. The van der Waals surface area contributed by atoms with Crippen molar-refractivity contribution in [3.05, 3.63) is 59.3 Å². The molecule has 0 spiro atoms. The molecule has 5 nitrogen and oxygen atoms in total. The van der Waals surface area contributed by atoms with E-state index in [0.717, 1.165) is 36.3 Å². The quantitative estimate of drug-likeness (QED) is 0.748. The number of anilines is 1. The van der Waals surface area contributed by atoms with Crippen molar-refractivity contribution in [3.8, 4) is 11.8 Å². The molecule has 3 aliphatic rings. The van der Waals surface area contributed by atoms with Crippen molar-refractivity contribution in [3.63, 3.8) is 0 Å². The Morgan fingerprint density at radius 2 is 2.00 bits per heavy atom. The highest BCUT2D eigenvalue weighted by Crippen LogP contribution is 2.53. The van der Waals surface area contributed by atoms with E-state index in [1.807, 2.05) is 30.3 Å². The Kier molecular flexibility index (Phi) is 5.47. The van der Waals surface area contributed by atoms with Crippen LogP contribution in [0.1, 0.15) is 42.5 Å². The third-order valence-electron chi connectivity index (χ3n) is 7.33. The summed E-state index contributed by atoms with van der Waals surface area (Å²) in [6, 6.07) is 14.3. The number of fused-ring (bicyclic) bond motifs is 2. The number of aliphatic hydroxyl groups excluding tert-OH is 2. The Labute approximate surface area is 184 Å². The number of nitrogens with zero attached hydrogens (tertiary/aromatic N) is 2. The van der Waals surface area contributed by atoms with Crippen molar-refractivity contribution in [2.75, 3.05) is 25.1 Å². The maximum Gasteiger partial charge on any atom is 0.129 e. The second-order valence-electron chi connectivity index (χ2n) is 9.34. The van der Waals surface area contributed by atoms with Crippen LogP contribution in [-0.4, -0.2) is 53.7 Å². The van der Waals surface area contributed by atoms with Gasteiger partial charge >= 0.3 is 0 Å². The molecule has 162 valence electrons. The van der Waals surface area contributed by atoms with Crippen molar-refractivity contribution in [2.24, 2.45) is 11.3 Å². The molecule has 3 fully saturated rings. The van der Waals surface area contributed by atoms with E-state index in [2.05, 4.69) is 28.9 Å². The van der Waals surface area contributed by atoms with E-state index in [-0.39, 0.29) is 17.6 Å². The average molecular weight is 419 g/mol. The van der Waals surface area contributed by atoms with Gasteiger partial charge in [0.25, 0.3) is 0 Å². The molecule has 5 atom stereocenters. The summed E-state index contributed by atoms with van der Waals surface area (Å²) in [5.41, 5.74) is 2.81. The fourth-order valence-electron chi connectivity index (χ4n) is 5.49. The molecule has 1 aromatic heterocycles. The first-order valence-electron chi connectivity index (χ1n) is 11.3. The summed E-state index contributed by atoms with van der Waals surface area (Å²) in [5, 5.41) is 20.8. The first-order valence-corrected chi connectivity index (χ1v) is 11.3. The van der Waals surface area contributed by atoms with Gasteiger partial charge in [-0.05, 0) is 49.3 Å². The molecule has 2 aromatic rings. The SMILES string of the molecule is CO[C@@H]1CN(c2ccc(C#CC34CCC(CC3O)C4)c(Cc3ccccc3)n2)C[C@H]1O. The minimum Gasteiger partial charge on any atom is -0.392 e. The predicted molar refractivity (Wildman–Crippen MR) is 120 cm³/mol. The molecule has 2 heterocycles. The molecule has 2 aliphatic carbocycles. The summed E-state index contributed by atoms with van der Waals surface area (Å²) in [6.45, 7) is 1.13. The number of methoxy groups -OCH3 is 1. The minimum absolute atomic E-state index is 0.197. The number of rotatable bonds is 4. The average Bonchev–Trinajstić information content (AvgIpc) is 3.46. The van der Waals surface area contributed by atoms with Gasteiger partial charge in [0.1, 0.15) is 11.9 Å². The predicted octanol–water partition coefficient (Wildman–Crippen LogP) is 2.77. The number of benzene rings is 1. The van der Waals surface area contributed by atoms with Crippen LogP contribution in [0, 0.1) is 23.2 Å². The Balaban J connectivity index is 1.47. The zero-order valence-electron chi connectivity index (χ0n) is 18.0. The highest BCUT2D eigenvalue weighted by atomic mass is 16.5. The van der Waals surface area contributed by atoms with E-state index >= 15 is 0 Å². The lowest BCUT2D eigenvalue weighted by atomic mass is 9.82. The molecule has 0 amide bonds. The summed E-state index contributed by atoms with van der Waals surface area (Å²) in [6.07, 6.45) is 3.76. The molecule has 5 heteroatoms. The Morgan fingerprint density at radius 1 is 1.16 bits per heavy atom. The van der Waals surface area contributed by atoms with Crippen LogP contribution in [0.15, 0.2) is 42.5 Å². The topological polar surface area (TPSA) is 65.8 Å². The molecule has 2 N–H and O–H groups in total. The number of aliphatic hydroxyl groups is 2.